The minimum atomic E-state index is 0.550. The fourth-order valence-electron chi connectivity index (χ4n) is 1.62. The number of hydrogen-bond donors (Lipinski definition) is 1. The second-order valence-electron chi connectivity index (χ2n) is 3.29. The van der Waals surface area contributed by atoms with Crippen LogP contribution in [0.4, 0.5) is 0 Å². The fraction of sp³-hybridized carbons (Fsp3) is 0.182. The van der Waals surface area contributed by atoms with Crippen LogP contribution in [0, 0.1) is 0 Å². The third-order valence-electron chi connectivity index (χ3n) is 2.30. The Morgan fingerprint density at radius 2 is 2.33 bits per heavy atom. The number of benzene rings is 1. The Labute approximate surface area is 96.7 Å². The molecule has 0 amide bonds. The van der Waals surface area contributed by atoms with Gasteiger partial charge in [0.25, 0.3) is 0 Å². The van der Waals surface area contributed by atoms with Crippen molar-refractivity contribution in [2.24, 2.45) is 12.8 Å². The van der Waals surface area contributed by atoms with E-state index in [0.717, 1.165) is 21.1 Å². The third kappa shape index (κ3) is 1.82. The fourth-order valence-corrected chi connectivity index (χ4v) is 2.29. The van der Waals surface area contributed by atoms with Gasteiger partial charge in [0.15, 0.2) is 0 Å². The zero-order valence-electron chi connectivity index (χ0n) is 8.44. The van der Waals surface area contributed by atoms with E-state index < -0.39 is 0 Å². The van der Waals surface area contributed by atoms with Crippen molar-refractivity contribution in [1.29, 1.82) is 0 Å². The summed E-state index contributed by atoms with van der Waals surface area (Å²) in [5, 5.41) is 5.46. The lowest BCUT2D eigenvalue weighted by Crippen LogP contribution is -1.92. The Balaban J connectivity index is 2.69. The molecule has 0 radical (unpaired) electrons. The molecule has 0 bridgehead atoms. The van der Waals surface area contributed by atoms with E-state index in [4.69, 9.17) is 5.73 Å². The molecule has 0 aliphatic rings. The van der Waals surface area contributed by atoms with Crippen molar-refractivity contribution >= 4 is 32.9 Å². The second kappa shape index (κ2) is 4.16. The van der Waals surface area contributed by atoms with Crippen LogP contribution < -0.4 is 5.73 Å². The van der Waals surface area contributed by atoms with Gasteiger partial charge in [-0.2, -0.15) is 5.10 Å². The van der Waals surface area contributed by atoms with Crippen LogP contribution in [0.3, 0.4) is 0 Å². The van der Waals surface area contributed by atoms with Gasteiger partial charge in [-0.05, 0) is 27.6 Å². The zero-order valence-corrected chi connectivity index (χ0v) is 10.0. The van der Waals surface area contributed by atoms with Crippen molar-refractivity contribution in [2.75, 3.05) is 6.54 Å². The topological polar surface area (TPSA) is 43.8 Å². The maximum Gasteiger partial charge on any atom is 0.136 e. The highest BCUT2D eigenvalue weighted by Crippen LogP contribution is 2.26. The lowest BCUT2D eigenvalue weighted by atomic mass is 10.1. The molecular weight excluding hydrogens is 254 g/mol. The summed E-state index contributed by atoms with van der Waals surface area (Å²) in [6.07, 6.45) is 3.96. The van der Waals surface area contributed by atoms with Gasteiger partial charge in [0, 0.05) is 19.0 Å². The Kier molecular flexibility index (Phi) is 2.88. The standard InChI is InChI=1S/C11H12BrN3/c1-15-9-6-2-4-8(5-3-7-13)10(9)11(12)14-15/h2-6H,7,13H2,1H3/b5-3+. The first-order chi connectivity index (χ1) is 7.24. The molecule has 0 spiro atoms. The van der Waals surface area contributed by atoms with Gasteiger partial charge >= 0.3 is 0 Å². The number of aromatic nitrogens is 2. The number of fused-ring (bicyclic) bond motifs is 1. The predicted octanol–water partition coefficient (Wildman–Crippen LogP) is 2.31. The number of hydrogen-bond acceptors (Lipinski definition) is 2. The monoisotopic (exact) mass is 265 g/mol. The van der Waals surface area contributed by atoms with Crippen LogP contribution in [0.25, 0.3) is 17.0 Å². The molecule has 1 aromatic heterocycles. The van der Waals surface area contributed by atoms with E-state index in [-0.39, 0.29) is 0 Å². The van der Waals surface area contributed by atoms with E-state index in [1.54, 1.807) is 0 Å². The molecular formula is C11H12BrN3. The molecule has 3 nitrogen and oxygen atoms in total. The van der Waals surface area contributed by atoms with Gasteiger partial charge in [0.1, 0.15) is 4.60 Å². The molecule has 15 heavy (non-hydrogen) atoms. The van der Waals surface area contributed by atoms with Gasteiger partial charge in [0.05, 0.1) is 5.52 Å². The summed E-state index contributed by atoms with van der Waals surface area (Å²) in [7, 11) is 1.93. The average molecular weight is 266 g/mol. The highest BCUT2D eigenvalue weighted by atomic mass is 79.9. The highest BCUT2D eigenvalue weighted by molar-refractivity contribution is 9.10. The van der Waals surface area contributed by atoms with E-state index in [1.165, 1.54) is 0 Å². The van der Waals surface area contributed by atoms with Crippen LogP contribution in [0.1, 0.15) is 5.56 Å². The summed E-state index contributed by atoms with van der Waals surface area (Å²) in [5.41, 5.74) is 7.69. The first-order valence-electron chi connectivity index (χ1n) is 4.72. The summed E-state index contributed by atoms with van der Waals surface area (Å²) in [5.74, 6) is 0. The lowest BCUT2D eigenvalue weighted by molar-refractivity contribution is 0.788. The molecule has 1 heterocycles. The third-order valence-corrected chi connectivity index (χ3v) is 2.86. The van der Waals surface area contributed by atoms with Crippen molar-refractivity contribution in [2.45, 2.75) is 0 Å². The first-order valence-corrected chi connectivity index (χ1v) is 5.51. The minimum Gasteiger partial charge on any atom is -0.327 e. The van der Waals surface area contributed by atoms with Gasteiger partial charge in [-0.15, -0.1) is 0 Å². The number of aryl methyl sites for hydroxylation is 1. The van der Waals surface area contributed by atoms with Crippen molar-refractivity contribution in [3.05, 3.63) is 34.4 Å². The van der Waals surface area contributed by atoms with Gasteiger partial charge in [-0.25, -0.2) is 0 Å². The Morgan fingerprint density at radius 1 is 1.53 bits per heavy atom. The predicted molar refractivity (Wildman–Crippen MR) is 66.5 cm³/mol. The Bertz CT molecular complexity index is 514. The average Bonchev–Trinajstić information content (AvgIpc) is 2.53. The van der Waals surface area contributed by atoms with Crippen LogP contribution in [0.15, 0.2) is 28.9 Å². The highest BCUT2D eigenvalue weighted by Gasteiger charge is 2.08. The Hall–Kier alpha value is -1.13. The summed E-state index contributed by atoms with van der Waals surface area (Å²) in [6, 6.07) is 6.13. The van der Waals surface area contributed by atoms with Gasteiger partial charge in [0.2, 0.25) is 0 Å². The molecule has 2 N–H and O–H groups in total. The van der Waals surface area contributed by atoms with Gasteiger partial charge in [-0.3, -0.25) is 4.68 Å². The first kappa shape index (κ1) is 10.4. The number of halogens is 1. The largest absolute Gasteiger partial charge is 0.327 e. The minimum absolute atomic E-state index is 0.550. The molecule has 0 fully saturated rings. The number of nitrogens with two attached hydrogens (primary N) is 1. The van der Waals surface area contributed by atoms with E-state index in [0.29, 0.717) is 6.54 Å². The molecule has 1 aromatic carbocycles. The molecule has 0 unspecified atom stereocenters. The lowest BCUT2D eigenvalue weighted by Gasteiger charge is -1.97. The van der Waals surface area contributed by atoms with Crippen molar-refractivity contribution in [3.63, 3.8) is 0 Å². The Morgan fingerprint density at radius 3 is 3.07 bits per heavy atom. The van der Waals surface area contributed by atoms with Crippen LogP contribution in [0.2, 0.25) is 0 Å². The van der Waals surface area contributed by atoms with Crippen LogP contribution >= 0.6 is 15.9 Å². The summed E-state index contributed by atoms with van der Waals surface area (Å²) in [4.78, 5) is 0. The quantitative estimate of drug-likeness (QED) is 0.906. The van der Waals surface area contributed by atoms with Crippen LogP contribution in [-0.4, -0.2) is 16.3 Å². The second-order valence-corrected chi connectivity index (χ2v) is 4.04. The normalized spacial score (nSPS) is 11.7. The maximum absolute atomic E-state index is 5.44. The molecule has 0 saturated heterocycles. The summed E-state index contributed by atoms with van der Waals surface area (Å²) >= 11 is 3.46. The van der Waals surface area contributed by atoms with Crippen LogP contribution in [-0.2, 0) is 7.05 Å². The van der Waals surface area contributed by atoms with E-state index >= 15 is 0 Å². The molecule has 0 saturated carbocycles. The zero-order chi connectivity index (χ0) is 10.8. The van der Waals surface area contributed by atoms with Crippen molar-refractivity contribution in [1.82, 2.24) is 9.78 Å². The summed E-state index contributed by atoms with van der Waals surface area (Å²) < 4.78 is 2.73. The molecule has 2 aromatic rings. The molecule has 78 valence electrons. The van der Waals surface area contributed by atoms with Crippen molar-refractivity contribution in [3.8, 4) is 0 Å². The molecule has 0 aliphatic carbocycles. The molecule has 4 heteroatoms. The number of nitrogens with zero attached hydrogens (tertiary/aromatic N) is 2. The molecule has 2 rings (SSSR count). The van der Waals surface area contributed by atoms with Gasteiger partial charge < -0.3 is 5.73 Å². The molecule has 0 atom stereocenters. The van der Waals surface area contributed by atoms with E-state index in [9.17, 15) is 0 Å². The maximum atomic E-state index is 5.44. The number of rotatable bonds is 2. The smallest absolute Gasteiger partial charge is 0.136 e. The van der Waals surface area contributed by atoms with Crippen LogP contribution in [0.5, 0.6) is 0 Å². The SMILES string of the molecule is Cn1nc(Br)c2c(/C=C/CN)cccc21. The van der Waals surface area contributed by atoms with Crippen molar-refractivity contribution < 1.29 is 0 Å². The van der Waals surface area contributed by atoms with E-state index in [1.807, 2.05) is 36.0 Å². The van der Waals surface area contributed by atoms with E-state index in [2.05, 4.69) is 27.1 Å². The van der Waals surface area contributed by atoms with Gasteiger partial charge in [-0.1, -0.05) is 24.3 Å². The summed E-state index contributed by atoms with van der Waals surface area (Å²) in [6.45, 7) is 0.550. The molecule has 0 aliphatic heterocycles.